The summed E-state index contributed by atoms with van der Waals surface area (Å²) in [7, 11) is 0. The molecule has 1 aliphatic heterocycles. The van der Waals surface area contributed by atoms with E-state index in [0.717, 1.165) is 16.5 Å². The average molecular weight is 451 g/mol. The fraction of sp³-hybridized carbons (Fsp3) is 0.208. The molecule has 164 valence electrons. The predicted molar refractivity (Wildman–Crippen MR) is 128 cm³/mol. The monoisotopic (exact) mass is 450 g/mol. The number of aliphatic imine (C=N–C) groups is 1. The summed E-state index contributed by atoms with van der Waals surface area (Å²) in [5.74, 6) is -0.641. The van der Waals surface area contributed by atoms with E-state index in [4.69, 9.17) is 0 Å². The molecule has 6 nitrogen and oxygen atoms in total. The highest BCUT2D eigenvalue weighted by molar-refractivity contribution is 8.18. The maximum Gasteiger partial charge on any atom is 0.266 e. The van der Waals surface area contributed by atoms with Gasteiger partial charge in [0.05, 0.1) is 4.91 Å². The number of halogens is 1. The van der Waals surface area contributed by atoms with E-state index < -0.39 is 0 Å². The highest BCUT2D eigenvalue weighted by atomic mass is 32.2. The second-order valence-electron chi connectivity index (χ2n) is 7.20. The Morgan fingerprint density at radius 2 is 1.91 bits per heavy atom. The molecule has 1 saturated heterocycles. The first kappa shape index (κ1) is 21.8. The van der Waals surface area contributed by atoms with Gasteiger partial charge in [0, 0.05) is 41.4 Å². The summed E-state index contributed by atoms with van der Waals surface area (Å²) in [5, 5.41) is 4.45. The van der Waals surface area contributed by atoms with Crippen LogP contribution in [0.5, 0.6) is 0 Å². The maximum atomic E-state index is 13.1. The second kappa shape index (κ2) is 9.40. The van der Waals surface area contributed by atoms with E-state index in [-0.39, 0.29) is 24.2 Å². The number of benzene rings is 2. The molecule has 0 spiro atoms. The molecule has 0 atom stereocenters. The molecule has 8 heteroatoms. The first-order valence-corrected chi connectivity index (χ1v) is 11.2. The fourth-order valence-electron chi connectivity index (χ4n) is 3.59. The quantitative estimate of drug-likeness (QED) is 0.552. The number of nitrogens with zero attached hydrogens (tertiary/aromatic N) is 3. The van der Waals surface area contributed by atoms with Crippen molar-refractivity contribution in [2.24, 2.45) is 4.99 Å². The highest BCUT2D eigenvalue weighted by Crippen LogP contribution is 2.34. The Morgan fingerprint density at radius 3 is 2.62 bits per heavy atom. The van der Waals surface area contributed by atoms with Gasteiger partial charge < -0.3 is 9.88 Å². The van der Waals surface area contributed by atoms with Crippen LogP contribution in [0.3, 0.4) is 0 Å². The molecule has 0 radical (unpaired) electrons. The number of carbonyl (C=O) groups is 2. The number of thioether (sulfide) groups is 1. The van der Waals surface area contributed by atoms with Gasteiger partial charge in [-0.15, -0.1) is 0 Å². The number of fused-ring (bicyclic) bond motifs is 1. The summed E-state index contributed by atoms with van der Waals surface area (Å²) >= 11 is 1.37. The smallest absolute Gasteiger partial charge is 0.266 e. The molecule has 2 amide bonds. The molecular weight excluding hydrogens is 427 g/mol. The maximum absolute atomic E-state index is 13.1. The van der Waals surface area contributed by atoms with Crippen LogP contribution in [0.15, 0.2) is 64.6 Å². The Bertz CT molecular complexity index is 1230. The van der Waals surface area contributed by atoms with Crippen LogP contribution < -0.4 is 5.32 Å². The van der Waals surface area contributed by atoms with Crippen molar-refractivity contribution in [1.82, 2.24) is 9.47 Å². The summed E-state index contributed by atoms with van der Waals surface area (Å²) in [4.78, 5) is 32.1. The summed E-state index contributed by atoms with van der Waals surface area (Å²) in [6.07, 6.45) is 3.74. The molecule has 0 bridgehead atoms. The number of para-hydroxylation sites is 1. The third-order valence-corrected chi connectivity index (χ3v) is 6.09. The van der Waals surface area contributed by atoms with Gasteiger partial charge in [-0.3, -0.25) is 19.5 Å². The number of nitrogens with one attached hydrogen (secondary N) is 1. The molecule has 3 aromatic rings. The Hall–Kier alpha value is -3.39. The van der Waals surface area contributed by atoms with Crippen LogP contribution >= 0.6 is 11.8 Å². The van der Waals surface area contributed by atoms with E-state index in [9.17, 15) is 14.0 Å². The first-order valence-electron chi connectivity index (χ1n) is 10.4. The molecular formula is C24H23FN4O2S. The van der Waals surface area contributed by atoms with E-state index >= 15 is 0 Å². The van der Waals surface area contributed by atoms with Gasteiger partial charge >= 0.3 is 0 Å². The normalized spacial score (nSPS) is 16.5. The van der Waals surface area contributed by atoms with E-state index in [1.54, 1.807) is 4.90 Å². The van der Waals surface area contributed by atoms with E-state index in [2.05, 4.69) is 10.3 Å². The number of amidine groups is 1. The van der Waals surface area contributed by atoms with Crippen molar-refractivity contribution in [1.29, 1.82) is 0 Å². The Kier molecular flexibility index (Phi) is 6.41. The van der Waals surface area contributed by atoms with Crippen LogP contribution in [0.2, 0.25) is 0 Å². The van der Waals surface area contributed by atoms with Crippen LogP contribution in [0, 0.1) is 5.82 Å². The van der Waals surface area contributed by atoms with Crippen molar-refractivity contribution >= 4 is 51.4 Å². The number of amides is 2. The highest BCUT2D eigenvalue weighted by Gasteiger charge is 2.32. The third-order valence-electron chi connectivity index (χ3n) is 5.05. The lowest BCUT2D eigenvalue weighted by Crippen LogP contribution is -2.28. The summed E-state index contributed by atoms with van der Waals surface area (Å²) < 4.78 is 14.9. The SMILES string of the molecule is CCN=C1S/C(=C/c2cn(CC(=O)Nc3ccc(F)cc3)c3ccccc23)C(=O)N1CC. The van der Waals surface area contributed by atoms with Crippen LogP contribution in [0.25, 0.3) is 17.0 Å². The van der Waals surface area contributed by atoms with Crippen molar-refractivity contribution in [3.8, 4) is 0 Å². The lowest BCUT2D eigenvalue weighted by molar-refractivity contribution is -0.122. The van der Waals surface area contributed by atoms with E-state index in [1.807, 2.05) is 55.0 Å². The van der Waals surface area contributed by atoms with E-state index in [0.29, 0.717) is 28.8 Å². The number of hydrogen-bond acceptors (Lipinski definition) is 4. The largest absolute Gasteiger partial charge is 0.337 e. The van der Waals surface area contributed by atoms with Gasteiger partial charge in [-0.05, 0) is 62.0 Å². The third kappa shape index (κ3) is 4.45. The molecule has 0 saturated carbocycles. The predicted octanol–water partition coefficient (Wildman–Crippen LogP) is 4.73. The fourth-order valence-corrected chi connectivity index (χ4v) is 4.69. The summed E-state index contributed by atoms with van der Waals surface area (Å²) in [6.45, 7) is 5.14. The lowest BCUT2D eigenvalue weighted by Gasteiger charge is -2.11. The van der Waals surface area contributed by atoms with Gasteiger partial charge in [-0.25, -0.2) is 4.39 Å². The van der Waals surface area contributed by atoms with Crippen LogP contribution in [0.1, 0.15) is 19.4 Å². The van der Waals surface area contributed by atoms with Gasteiger partial charge in [-0.1, -0.05) is 18.2 Å². The van der Waals surface area contributed by atoms with Crippen LogP contribution in [0.4, 0.5) is 10.1 Å². The Balaban J connectivity index is 1.62. The number of rotatable bonds is 6. The minimum atomic E-state index is -0.356. The topological polar surface area (TPSA) is 66.7 Å². The number of carbonyl (C=O) groups excluding carboxylic acids is 2. The Morgan fingerprint density at radius 1 is 1.16 bits per heavy atom. The average Bonchev–Trinajstić information content (AvgIpc) is 3.27. The van der Waals surface area contributed by atoms with Crippen molar-refractivity contribution in [2.45, 2.75) is 20.4 Å². The molecule has 0 aliphatic carbocycles. The molecule has 1 fully saturated rings. The zero-order chi connectivity index (χ0) is 22.7. The van der Waals surface area contributed by atoms with Crippen molar-refractivity contribution < 1.29 is 14.0 Å². The standard InChI is InChI=1S/C24H23FN4O2S/c1-3-26-24-29(4-2)23(31)21(32-24)13-16-14-28(20-8-6-5-7-19(16)20)15-22(30)27-18-11-9-17(25)10-12-18/h5-14H,3-4,15H2,1-2H3,(H,27,30)/b21-13+,26-24?. The number of aromatic nitrogens is 1. The van der Waals surface area contributed by atoms with Gasteiger partial charge in [-0.2, -0.15) is 0 Å². The van der Waals surface area contributed by atoms with Gasteiger partial charge in [0.2, 0.25) is 5.91 Å². The number of likely N-dealkylation sites (N-methyl/N-ethyl adjacent to an activating group) is 1. The minimum absolute atomic E-state index is 0.0596. The summed E-state index contributed by atoms with van der Waals surface area (Å²) in [5.41, 5.74) is 2.28. The minimum Gasteiger partial charge on any atom is -0.337 e. The molecule has 1 aliphatic rings. The summed E-state index contributed by atoms with van der Waals surface area (Å²) in [6, 6.07) is 13.4. The molecule has 4 rings (SSSR count). The van der Waals surface area contributed by atoms with Crippen LogP contribution in [-0.2, 0) is 16.1 Å². The van der Waals surface area contributed by atoms with Gasteiger partial charge in [0.15, 0.2) is 5.17 Å². The first-order chi connectivity index (χ1) is 15.5. The number of anilines is 1. The number of hydrogen-bond donors (Lipinski definition) is 1. The zero-order valence-electron chi connectivity index (χ0n) is 17.8. The van der Waals surface area contributed by atoms with Crippen LogP contribution in [-0.4, -0.2) is 39.5 Å². The van der Waals surface area contributed by atoms with Crippen molar-refractivity contribution in [3.63, 3.8) is 0 Å². The molecule has 2 heterocycles. The molecule has 0 unspecified atom stereocenters. The zero-order valence-corrected chi connectivity index (χ0v) is 18.7. The Labute approximate surface area is 189 Å². The molecule has 1 aromatic heterocycles. The van der Waals surface area contributed by atoms with Gasteiger partial charge in [0.1, 0.15) is 12.4 Å². The molecule has 1 N–H and O–H groups in total. The second-order valence-corrected chi connectivity index (χ2v) is 8.21. The molecule has 32 heavy (non-hydrogen) atoms. The lowest BCUT2D eigenvalue weighted by atomic mass is 10.1. The van der Waals surface area contributed by atoms with Crippen molar-refractivity contribution in [3.05, 3.63) is 71.0 Å². The molecule has 2 aromatic carbocycles. The van der Waals surface area contributed by atoms with Gasteiger partial charge in [0.25, 0.3) is 5.91 Å². The van der Waals surface area contributed by atoms with E-state index in [1.165, 1.54) is 36.0 Å². The van der Waals surface area contributed by atoms with Crippen molar-refractivity contribution in [2.75, 3.05) is 18.4 Å².